The number of anilines is 6. The predicted octanol–water partition coefficient (Wildman–Crippen LogP) is 3.80. The van der Waals surface area contributed by atoms with Crippen LogP contribution in [-0.2, 0) is 0 Å². The number of hydrogen-bond acceptors (Lipinski definition) is 8. The smallest absolute Gasteiger partial charge is 0.229 e. The number of likely N-dealkylation sites (N-methyl/N-ethyl adjacent to an activating group) is 1. The molecule has 10 heteroatoms. The van der Waals surface area contributed by atoms with Gasteiger partial charge in [-0.25, -0.2) is 14.4 Å². The molecule has 2 aromatic heterocycles. The summed E-state index contributed by atoms with van der Waals surface area (Å²) < 4.78 is 14.4. The maximum Gasteiger partial charge on any atom is 0.229 e. The molecule has 0 aliphatic carbocycles. The number of H-pyrrole nitrogens is 1. The molecule has 0 atom stereocenters. The molecule has 176 valence electrons. The molecule has 0 spiro atoms. The zero-order chi connectivity index (χ0) is 23.7. The second-order valence-electron chi connectivity index (χ2n) is 8.66. The van der Waals surface area contributed by atoms with Crippen molar-refractivity contribution in [1.29, 1.82) is 0 Å². The third-order valence-electron chi connectivity index (χ3n) is 5.89. The predicted molar refractivity (Wildman–Crippen MR) is 135 cm³/mol. The quantitative estimate of drug-likeness (QED) is 0.400. The van der Waals surface area contributed by atoms with E-state index in [9.17, 15) is 4.39 Å². The molecule has 4 aromatic rings. The lowest BCUT2D eigenvalue weighted by Gasteiger charge is -2.34. The summed E-state index contributed by atoms with van der Waals surface area (Å²) in [5.41, 5.74) is 4.44. The first kappa shape index (κ1) is 21.9. The topological polar surface area (TPSA) is 88.2 Å². The van der Waals surface area contributed by atoms with Crippen LogP contribution in [0.3, 0.4) is 0 Å². The molecule has 1 aliphatic heterocycles. The van der Waals surface area contributed by atoms with Crippen LogP contribution in [0.4, 0.5) is 39.2 Å². The van der Waals surface area contributed by atoms with Crippen molar-refractivity contribution in [2.45, 2.75) is 0 Å². The van der Waals surface area contributed by atoms with Gasteiger partial charge in [0.25, 0.3) is 0 Å². The summed E-state index contributed by atoms with van der Waals surface area (Å²) in [5, 5.41) is 6.21. The molecule has 3 heterocycles. The Hall–Kier alpha value is -3.92. The third kappa shape index (κ3) is 4.72. The molecule has 1 aliphatic rings. The first-order chi connectivity index (χ1) is 16.4. The number of nitrogens with zero attached hydrogens (tertiary/aromatic N) is 6. The summed E-state index contributed by atoms with van der Waals surface area (Å²) in [6.07, 6.45) is 1.16. The number of fused-ring (bicyclic) bond motifs is 1. The fourth-order valence-electron chi connectivity index (χ4n) is 3.89. The summed E-state index contributed by atoms with van der Waals surface area (Å²) in [7, 11) is 6.00. The highest BCUT2D eigenvalue weighted by molar-refractivity contribution is 5.82. The number of rotatable bonds is 6. The molecule has 3 N–H and O–H groups in total. The van der Waals surface area contributed by atoms with Gasteiger partial charge in [-0.15, -0.1) is 0 Å². The van der Waals surface area contributed by atoms with E-state index in [1.807, 2.05) is 61.5 Å². The first-order valence-electron chi connectivity index (χ1n) is 11.2. The van der Waals surface area contributed by atoms with Crippen LogP contribution in [0.15, 0.2) is 48.7 Å². The van der Waals surface area contributed by atoms with Gasteiger partial charge in [-0.3, -0.25) is 0 Å². The minimum atomic E-state index is -0.520. The Balaban J connectivity index is 1.29. The maximum atomic E-state index is 14.4. The van der Waals surface area contributed by atoms with Gasteiger partial charge in [0.05, 0.1) is 17.2 Å². The molecule has 34 heavy (non-hydrogen) atoms. The average Bonchev–Trinajstić information content (AvgIpc) is 3.26. The third-order valence-corrected chi connectivity index (χ3v) is 5.89. The zero-order valence-electron chi connectivity index (χ0n) is 19.5. The second-order valence-corrected chi connectivity index (χ2v) is 8.66. The van der Waals surface area contributed by atoms with Gasteiger partial charge in [-0.1, -0.05) is 0 Å². The first-order valence-corrected chi connectivity index (χ1v) is 11.2. The lowest BCUT2D eigenvalue weighted by Crippen LogP contribution is -2.44. The summed E-state index contributed by atoms with van der Waals surface area (Å²) in [5.74, 6) is 0.663. The number of benzene rings is 2. The Labute approximate surface area is 197 Å². The van der Waals surface area contributed by atoms with Gasteiger partial charge in [-0.05, 0) is 49.5 Å². The van der Waals surface area contributed by atoms with E-state index in [0.717, 1.165) is 66.4 Å². The molecule has 2 aromatic carbocycles. The van der Waals surface area contributed by atoms with Gasteiger partial charge < -0.3 is 30.3 Å². The van der Waals surface area contributed by atoms with Crippen LogP contribution in [0.25, 0.3) is 11.0 Å². The lowest BCUT2D eigenvalue weighted by atomic mass is 10.2. The number of imidazole rings is 1. The average molecular weight is 462 g/mol. The largest absolute Gasteiger partial charge is 0.369 e. The number of piperazine rings is 1. The Morgan fingerprint density at radius 1 is 0.941 bits per heavy atom. The summed E-state index contributed by atoms with van der Waals surface area (Å²) >= 11 is 0. The minimum Gasteiger partial charge on any atom is -0.369 e. The number of aromatic nitrogens is 4. The van der Waals surface area contributed by atoms with Crippen LogP contribution >= 0.6 is 0 Å². The molecule has 0 amide bonds. The second kappa shape index (κ2) is 9.14. The Kier molecular flexibility index (Phi) is 5.89. The van der Waals surface area contributed by atoms with E-state index in [0.29, 0.717) is 5.95 Å². The van der Waals surface area contributed by atoms with Gasteiger partial charge in [-0.2, -0.15) is 4.98 Å². The minimum absolute atomic E-state index is 0.113. The van der Waals surface area contributed by atoms with E-state index >= 15 is 0 Å². The lowest BCUT2D eigenvalue weighted by molar-refractivity contribution is 0.313. The number of nitrogens with one attached hydrogen (secondary N) is 3. The highest BCUT2D eigenvalue weighted by Gasteiger charge is 2.14. The molecule has 1 saturated heterocycles. The Bertz CT molecular complexity index is 1280. The highest BCUT2D eigenvalue weighted by Crippen LogP contribution is 2.25. The van der Waals surface area contributed by atoms with Crippen molar-refractivity contribution >= 4 is 45.8 Å². The van der Waals surface area contributed by atoms with Gasteiger partial charge in [0.1, 0.15) is 0 Å². The van der Waals surface area contributed by atoms with Gasteiger partial charge in [0, 0.05) is 57.3 Å². The van der Waals surface area contributed by atoms with Crippen molar-refractivity contribution in [3.63, 3.8) is 0 Å². The van der Waals surface area contributed by atoms with Crippen molar-refractivity contribution < 1.29 is 4.39 Å². The highest BCUT2D eigenvalue weighted by atomic mass is 19.1. The standard InChI is InChI=1S/C24H28FN9/c1-32(2)24-29-20-9-6-17(14-21(20)30-24)28-23-26-15-19(25)22(31-23)27-16-4-7-18(8-5-16)34-12-10-33(3)11-13-34/h4-9,14-15H,10-13H2,1-3H3,(H,29,30)(H2,26,27,28,31). The van der Waals surface area contributed by atoms with Crippen LogP contribution in [-0.4, -0.2) is 72.2 Å². The van der Waals surface area contributed by atoms with Crippen LogP contribution in [0.2, 0.25) is 0 Å². The summed E-state index contributed by atoms with van der Waals surface area (Å²) in [4.78, 5) is 22.8. The maximum absolute atomic E-state index is 14.4. The van der Waals surface area contributed by atoms with E-state index < -0.39 is 5.82 Å². The number of aromatic amines is 1. The van der Waals surface area contributed by atoms with Crippen LogP contribution in [0, 0.1) is 5.82 Å². The molecule has 5 rings (SSSR count). The normalized spacial score (nSPS) is 14.4. The molecular formula is C24H28FN9. The van der Waals surface area contributed by atoms with E-state index in [-0.39, 0.29) is 5.82 Å². The fourth-order valence-corrected chi connectivity index (χ4v) is 3.89. The van der Waals surface area contributed by atoms with Gasteiger partial charge in [0.15, 0.2) is 11.6 Å². The molecule has 0 radical (unpaired) electrons. The van der Waals surface area contributed by atoms with Crippen molar-refractivity contribution in [2.24, 2.45) is 0 Å². The van der Waals surface area contributed by atoms with Crippen molar-refractivity contribution in [3.8, 4) is 0 Å². The number of halogens is 1. The molecule has 9 nitrogen and oxygen atoms in total. The molecule has 0 bridgehead atoms. The van der Waals surface area contributed by atoms with Crippen molar-refractivity contribution in [3.05, 3.63) is 54.5 Å². The van der Waals surface area contributed by atoms with Crippen LogP contribution in [0.1, 0.15) is 0 Å². The molecule has 0 saturated carbocycles. The Morgan fingerprint density at radius 3 is 2.41 bits per heavy atom. The molecule has 1 fully saturated rings. The van der Waals surface area contributed by atoms with Crippen molar-refractivity contribution in [2.75, 3.05) is 67.8 Å². The monoisotopic (exact) mass is 461 g/mol. The Morgan fingerprint density at radius 2 is 1.68 bits per heavy atom. The SMILES string of the molecule is CN1CCN(c2ccc(Nc3nc(Nc4ccc5nc(N(C)C)[nH]c5c4)ncc3F)cc2)CC1. The van der Waals surface area contributed by atoms with Gasteiger partial charge in [0.2, 0.25) is 11.9 Å². The van der Waals surface area contributed by atoms with E-state index in [1.165, 1.54) is 0 Å². The summed E-state index contributed by atoms with van der Waals surface area (Å²) in [6.45, 7) is 4.09. The fraction of sp³-hybridized carbons (Fsp3) is 0.292. The molecular weight excluding hydrogens is 433 g/mol. The van der Waals surface area contributed by atoms with Crippen molar-refractivity contribution in [1.82, 2.24) is 24.8 Å². The van der Waals surface area contributed by atoms with E-state index in [2.05, 4.69) is 47.4 Å². The van der Waals surface area contributed by atoms with E-state index in [4.69, 9.17) is 0 Å². The van der Waals surface area contributed by atoms with Crippen LogP contribution < -0.4 is 20.4 Å². The summed E-state index contributed by atoms with van der Waals surface area (Å²) in [6, 6.07) is 13.7. The molecule has 0 unspecified atom stereocenters. The van der Waals surface area contributed by atoms with E-state index in [1.54, 1.807) is 0 Å². The van der Waals surface area contributed by atoms with Gasteiger partial charge >= 0.3 is 0 Å². The zero-order valence-corrected chi connectivity index (χ0v) is 19.5. The number of hydrogen-bond donors (Lipinski definition) is 3. The van der Waals surface area contributed by atoms with Crippen LogP contribution in [0.5, 0.6) is 0 Å².